The van der Waals surface area contributed by atoms with Crippen LogP contribution in [-0.2, 0) is 18.4 Å². The Morgan fingerprint density at radius 2 is 1.69 bits per heavy atom. The summed E-state index contributed by atoms with van der Waals surface area (Å²) in [6, 6.07) is 10.0. The fraction of sp³-hybridized carbons (Fsp3) is 0.417. The number of hydrogen-bond donors (Lipinski definition) is 0. The number of rotatable bonds is 4. The Labute approximate surface area is 185 Å². The van der Waals surface area contributed by atoms with Gasteiger partial charge in [-0.1, -0.05) is 51.1 Å². The summed E-state index contributed by atoms with van der Waals surface area (Å²) in [4.78, 5) is 43.8. The van der Waals surface area contributed by atoms with Crippen molar-refractivity contribution in [3.8, 4) is 0 Å². The molecule has 0 N–H and O–H groups in total. The molecule has 4 aromatic rings. The zero-order valence-electron chi connectivity index (χ0n) is 19.6. The number of nitrogens with zero attached hydrogens (tertiary/aromatic N) is 5. The smallest absolute Gasteiger partial charge is 0.307 e. The Morgan fingerprint density at radius 1 is 1.06 bits per heavy atom. The van der Waals surface area contributed by atoms with Gasteiger partial charge >= 0.3 is 5.69 Å². The number of fused-ring (bicyclic) bond motifs is 3. The molecule has 0 aliphatic heterocycles. The predicted octanol–water partition coefficient (Wildman–Crippen LogP) is 2.99. The predicted molar refractivity (Wildman–Crippen MR) is 124 cm³/mol. The molecule has 0 aliphatic carbocycles. The first-order valence-electron chi connectivity index (χ1n) is 10.7. The van der Waals surface area contributed by atoms with Crippen LogP contribution in [-0.4, -0.2) is 28.9 Å². The highest BCUT2D eigenvalue weighted by Crippen LogP contribution is 2.28. The van der Waals surface area contributed by atoms with Crippen molar-refractivity contribution in [3.63, 3.8) is 0 Å². The van der Waals surface area contributed by atoms with Gasteiger partial charge in [0, 0.05) is 23.9 Å². The number of aromatic nitrogens is 5. The van der Waals surface area contributed by atoms with Crippen molar-refractivity contribution in [2.45, 2.75) is 54.1 Å². The molecule has 168 valence electrons. The summed E-state index contributed by atoms with van der Waals surface area (Å²) in [7, 11) is 1.59. The van der Waals surface area contributed by atoms with Gasteiger partial charge in [-0.25, -0.2) is 4.79 Å². The van der Waals surface area contributed by atoms with Crippen LogP contribution < -0.4 is 11.2 Å². The number of ketones is 1. The quantitative estimate of drug-likeness (QED) is 0.493. The first-order valence-corrected chi connectivity index (χ1v) is 10.7. The Hall–Kier alpha value is -3.42. The largest absolute Gasteiger partial charge is 0.332 e. The molecule has 0 aliphatic rings. The molecule has 8 nitrogen and oxygen atoms in total. The molecule has 0 spiro atoms. The lowest BCUT2D eigenvalue weighted by Crippen LogP contribution is -2.43. The second-order valence-corrected chi connectivity index (χ2v) is 9.45. The molecule has 1 aromatic carbocycles. The van der Waals surface area contributed by atoms with E-state index in [-0.39, 0.29) is 18.4 Å². The van der Waals surface area contributed by atoms with Crippen molar-refractivity contribution < 1.29 is 4.79 Å². The molecule has 4 rings (SSSR count). The van der Waals surface area contributed by atoms with E-state index in [9.17, 15) is 14.4 Å². The number of aryl methyl sites for hydroxylation is 2. The number of Topliss-reactive ketones (excluding diaryl/α,β-unsaturated/α-hetero) is 1. The number of hydrogen-bond acceptors (Lipinski definition) is 4. The third-order valence-corrected chi connectivity index (χ3v) is 6.37. The van der Waals surface area contributed by atoms with Crippen LogP contribution >= 0.6 is 0 Å². The van der Waals surface area contributed by atoms with Gasteiger partial charge in [0.15, 0.2) is 16.9 Å². The van der Waals surface area contributed by atoms with Gasteiger partial charge in [0.1, 0.15) is 0 Å². The van der Waals surface area contributed by atoms with E-state index in [2.05, 4.69) is 23.6 Å². The van der Waals surface area contributed by atoms with Gasteiger partial charge in [0.25, 0.3) is 5.56 Å². The summed E-state index contributed by atoms with van der Waals surface area (Å²) < 4.78 is 6.27. The third kappa shape index (κ3) is 3.13. The second kappa shape index (κ2) is 7.32. The summed E-state index contributed by atoms with van der Waals surface area (Å²) in [5.41, 5.74) is 1.88. The fourth-order valence-electron chi connectivity index (χ4n) is 4.14. The average Bonchev–Trinajstić information content (AvgIpc) is 3.24. The molecule has 3 aromatic heterocycles. The topological polar surface area (TPSA) is 83.3 Å². The number of carbonyl (C=O) groups is 1. The maximum atomic E-state index is 13.5. The van der Waals surface area contributed by atoms with Crippen molar-refractivity contribution in [1.29, 1.82) is 0 Å². The van der Waals surface area contributed by atoms with Crippen molar-refractivity contribution in [2.24, 2.45) is 12.5 Å². The molecule has 8 heteroatoms. The third-order valence-electron chi connectivity index (χ3n) is 6.37. The maximum absolute atomic E-state index is 13.5. The molecule has 0 unspecified atom stereocenters. The summed E-state index contributed by atoms with van der Waals surface area (Å²) in [6.07, 6.45) is 0. The lowest BCUT2D eigenvalue weighted by Gasteiger charge is -2.17. The van der Waals surface area contributed by atoms with E-state index in [0.29, 0.717) is 16.9 Å². The number of benzene rings is 1. The van der Waals surface area contributed by atoms with Gasteiger partial charge in [0.2, 0.25) is 5.78 Å². The molecule has 0 bridgehead atoms. The monoisotopic (exact) mass is 435 g/mol. The van der Waals surface area contributed by atoms with Crippen LogP contribution in [0, 0.1) is 19.3 Å². The lowest BCUT2D eigenvalue weighted by atomic mass is 9.91. The minimum Gasteiger partial charge on any atom is -0.307 e. The summed E-state index contributed by atoms with van der Waals surface area (Å²) in [6.45, 7) is 11.1. The van der Waals surface area contributed by atoms with Gasteiger partial charge in [-0.05, 0) is 26.3 Å². The van der Waals surface area contributed by atoms with Crippen molar-refractivity contribution >= 4 is 22.7 Å². The van der Waals surface area contributed by atoms with E-state index in [1.807, 2.05) is 36.4 Å². The number of carbonyl (C=O) groups excluding carboxylic acids is 1. The standard InChI is InChI=1S/C24H29N5O3/c1-14-15(2)29-19-20(25-22(29)28(14)16(3)17-11-9-8-10-12-17)26(7)23(32)27(21(19)31)13-18(30)24(4,5)6/h8-12,16H,13H2,1-7H3/t16-/m1/s1. The van der Waals surface area contributed by atoms with Gasteiger partial charge < -0.3 is 4.57 Å². The van der Waals surface area contributed by atoms with E-state index < -0.39 is 16.7 Å². The van der Waals surface area contributed by atoms with Crippen LogP contribution in [0.25, 0.3) is 16.9 Å². The minimum atomic E-state index is -0.660. The molecular weight excluding hydrogens is 406 g/mol. The van der Waals surface area contributed by atoms with Crippen molar-refractivity contribution in [1.82, 2.24) is 23.1 Å². The minimum absolute atomic E-state index is 0.0223. The highest BCUT2D eigenvalue weighted by Gasteiger charge is 2.27. The number of imidazole rings is 2. The van der Waals surface area contributed by atoms with Crippen LogP contribution in [0.1, 0.15) is 50.7 Å². The van der Waals surface area contributed by atoms with Crippen LogP contribution in [0.3, 0.4) is 0 Å². The first-order chi connectivity index (χ1) is 14.9. The molecular formula is C24H29N5O3. The van der Waals surface area contributed by atoms with Crippen LogP contribution in [0.15, 0.2) is 39.9 Å². The van der Waals surface area contributed by atoms with Crippen LogP contribution in [0.2, 0.25) is 0 Å². The summed E-state index contributed by atoms with van der Waals surface area (Å²) in [5.74, 6) is 0.415. The van der Waals surface area contributed by atoms with Gasteiger partial charge in [-0.15, -0.1) is 0 Å². The van der Waals surface area contributed by atoms with E-state index in [1.165, 1.54) is 4.57 Å². The van der Waals surface area contributed by atoms with Crippen molar-refractivity contribution in [3.05, 3.63) is 68.1 Å². The summed E-state index contributed by atoms with van der Waals surface area (Å²) in [5, 5.41) is 0. The summed E-state index contributed by atoms with van der Waals surface area (Å²) >= 11 is 0. The lowest BCUT2D eigenvalue weighted by molar-refractivity contribution is -0.127. The van der Waals surface area contributed by atoms with E-state index in [1.54, 1.807) is 27.8 Å². The first kappa shape index (κ1) is 21.8. The molecule has 3 heterocycles. The Bertz CT molecular complexity index is 1480. The van der Waals surface area contributed by atoms with E-state index >= 15 is 0 Å². The Kier molecular flexibility index (Phi) is 4.99. The van der Waals surface area contributed by atoms with Gasteiger partial charge in [-0.3, -0.25) is 23.1 Å². The molecule has 0 amide bonds. The van der Waals surface area contributed by atoms with Crippen LogP contribution in [0.4, 0.5) is 0 Å². The van der Waals surface area contributed by atoms with E-state index in [4.69, 9.17) is 4.98 Å². The molecule has 0 saturated carbocycles. The second-order valence-electron chi connectivity index (χ2n) is 9.45. The van der Waals surface area contributed by atoms with Gasteiger partial charge in [0.05, 0.1) is 12.6 Å². The average molecular weight is 436 g/mol. The zero-order chi connectivity index (χ0) is 23.5. The molecule has 32 heavy (non-hydrogen) atoms. The molecule has 0 fully saturated rings. The van der Waals surface area contributed by atoms with Gasteiger partial charge in [-0.2, -0.15) is 4.98 Å². The highest BCUT2D eigenvalue weighted by molar-refractivity contribution is 5.84. The normalized spacial score (nSPS) is 13.2. The maximum Gasteiger partial charge on any atom is 0.332 e. The molecule has 1 atom stereocenters. The van der Waals surface area contributed by atoms with Crippen LogP contribution in [0.5, 0.6) is 0 Å². The Balaban J connectivity index is 2.04. The fourth-order valence-corrected chi connectivity index (χ4v) is 4.14. The van der Waals surface area contributed by atoms with Crippen molar-refractivity contribution in [2.75, 3.05) is 0 Å². The molecule has 0 saturated heterocycles. The Morgan fingerprint density at radius 3 is 2.28 bits per heavy atom. The molecule has 0 radical (unpaired) electrons. The van der Waals surface area contributed by atoms with E-state index in [0.717, 1.165) is 21.5 Å². The highest BCUT2D eigenvalue weighted by atomic mass is 16.2. The zero-order valence-corrected chi connectivity index (χ0v) is 19.6. The SMILES string of the molecule is Cc1c(C)n2c3c(=O)n(CC(=O)C(C)(C)C)c(=O)n(C)c3nc2n1[C@H](C)c1ccccc1.